The van der Waals surface area contributed by atoms with Crippen LogP contribution in [0.2, 0.25) is 0 Å². The molecule has 0 aromatic heterocycles. The van der Waals surface area contributed by atoms with E-state index in [0.29, 0.717) is 15.6 Å². The van der Waals surface area contributed by atoms with Gasteiger partial charge in [-0.3, -0.25) is 4.79 Å². The zero-order valence-electron chi connectivity index (χ0n) is 11.1. The lowest BCUT2D eigenvalue weighted by atomic mass is 9.99. The highest BCUT2D eigenvalue weighted by atomic mass is 79.9. The van der Waals surface area contributed by atoms with Crippen LogP contribution in [-0.2, 0) is 6.42 Å². The first-order valence-electron chi connectivity index (χ1n) is 6.13. The van der Waals surface area contributed by atoms with E-state index in [4.69, 9.17) is 0 Å². The van der Waals surface area contributed by atoms with Crippen molar-refractivity contribution in [3.63, 3.8) is 0 Å². The summed E-state index contributed by atoms with van der Waals surface area (Å²) in [5.41, 5.74) is 3.35. The lowest BCUT2D eigenvalue weighted by Gasteiger charge is -2.08. The maximum atomic E-state index is 13.4. The van der Waals surface area contributed by atoms with Crippen molar-refractivity contribution in [1.29, 1.82) is 0 Å². The summed E-state index contributed by atoms with van der Waals surface area (Å²) in [7, 11) is 0. The van der Waals surface area contributed by atoms with Crippen LogP contribution in [0.4, 0.5) is 4.39 Å². The van der Waals surface area contributed by atoms with Gasteiger partial charge in [0.15, 0.2) is 5.78 Å². The molecule has 0 saturated carbocycles. The van der Waals surface area contributed by atoms with Crippen molar-refractivity contribution in [3.05, 3.63) is 67.3 Å². The summed E-state index contributed by atoms with van der Waals surface area (Å²) in [6.45, 7) is 3.90. The maximum Gasteiger partial charge on any atom is 0.167 e. The van der Waals surface area contributed by atoms with E-state index in [9.17, 15) is 9.18 Å². The lowest BCUT2D eigenvalue weighted by molar-refractivity contribution is 0.0992. The second kappa shape index (κ2) is 6.19. The van der Waals surface area contributed by atoms with E-state index < -0.39 is 0 Å². The molecule has 0 aliphatic rings. The Labute approximate surface area is 134 Å². The van der Waals surface area contributed by atoms with Gasteiger partial charge < -0.3 is 0 Å². The van der Waals surface area contributed by atoms with E-state index in [0.717, 1.165) is 15.6 Å². The first-order valence-corrected chi connectivity index (χ1v) is 7.71. The molecule has 2 aromatic rings. The minimum atomic E-state index is -0.349. The van der Waals surface area contributed by atoms with Gasteiger partial charge in [-0.2, -0.15) is 0 Å². The van der Waals surface area contributed by atoms with Gasteiger partial charge in [0.25, 0.3) is 0 Å². The second-order valence-corrected chi connectivity index (χ2v) is 6.32. The van der Waals surface area contributed by atoms with Gasteiger partial charge in [0.1, 0.15) is 5.82 Å². The summed E-state index contributed by atoms with van der Waals surface area (Å²) in [4.78, 5) is 12.3. The zero-order valence-corrected chi connectivity index (χ0v) is 14.3. The highest BCUT2D eigenvalue weighted by Crippen LogP contribution is 2.25. The molecule has 0 spiro atoms. The van der Waals surface area contributed by atoms with Crippen LogP contribution in [-0.4, -0.2) is 5.78 Å². The Hall–Kier alpha value is -1.000. The molecular weight excluding hydrogens is 387 g/mol. The highest BCUT2D eigenvalue weighted by Gasteiger charge is 2.13. The van der Waals surface area contributed by atoms with Gasteiger partial charge in [0.2, 0.25) is 0 Å². The molecule has 104 valence electrons. The van der Waals surface area contributed by atoms with E-state index in [2.05, 4.69) is 31.9 Å². The van der Waals surface area contributed by atoms with Crippen LogP contribution in [0.25, 0.3) is 0 Å². The molecule has 1 nitrogen and oxygen atoms in total. The molecule has 0 aliphatic heterocycles. The Morgan fingerprint density at radius 2 is 1.70 bits per heavy atom. The quantitative estimate of drug-likeness (QED) is 0.632. The Morgan fingerprint density at radius 1 is 1.10 bits per heavy atom. The molecule has 0 radical (unpaired) electrons. The fourth-order valence-corrected chi connectivity index (χ4v) is 2.70. The number of Topliss-reactive ketones (excluding diaryl/α,β-unsaturated/α-hetero) is 1. The van der Waals surface area contributed by atoms with Crippen LogP contribution >= 0.6 is 31.9 Å². The average Bonchev–Trinajstić information content (AvgIpc) is 2.40. The molecule has 0 aliphatic carbocycles. The van der Waals surface area contributed by atoms with Gasteiger partial charge >= 0.3 is 0 Å². The predicted octanol–water partition coefficient (Wildman–Crippen LogP) is 5.39. The molecule has 0 heterocycles. The van der Waals surface area contributed by atoms with Crippen molar-refractivity contribution >= 4 is 37.6 Å². The third kappa shape index (κ3) is 3.18. The third-order valence-corrected chi connectivity index (χ3v) is 5.28. The van der Waals surface area contributed by atoms with Crippen LogP contribution in [0.5, 0.6) is 0 Å². The standard InChI is InChI=1S/C16H13Br2FO/c1-9-6-12(7-10(2)15(9)17)14(20)8-11-4-3-5-13(19)16(11)18/h3-7H,8H2,1-2H3. The molecule has 2 aromatic carbocycles. The first-order chi connectivity index (χ1) is 9.40. The van der Waals surface area contributed by atoms with Crippen molar-refractivity contribution in [2.45, 2.75) is 20.3 Å². The maximum absolute atomic E-state index is 13.4. The molecule has 0 bridgehead atoms. The molecular formula is C16H13Br2FO. The number of ketones is 1. The molecule has 0 amide bonds. The lowest BCUT2D eigenvalue weighted by Crippen LogP contribution is -2.06. The predicted molar refractivity (Wildman–Crippen MR) is 85.8 cm³/mol. The van der Waals surface area contributed by atoms with Gasteiger partial charge in [-0.1, -0.05) is 28.1 Å². The van der Waals surface area contributed by atoms with Crippen molar-refractivity contribution in [2.75, 3.05) is 0 Å². The van der Waals surface area contributed by atoms with Gasteiger partial charge in [-0.15, -0.1) is 0 Å². The minimum Gasteiger partial charge on any atom is -0.294 e. The van der Waals surface area contributed by atoms with E-state index in [1.807, 2.05) is 26.0 Å². The summed E-state index contributed by atoms with van der Waals surface area (Å²) in [5, 5.41) is 0. The van der Waals surface area contributed by atoms with Crippen LogP contribution in [0.15, 0.2) is 39.3 Å². The summed E-state index contributed by atoms with van der Waals surface area (Å²) in [6, 6.07) is 8.44. The topological polar surface area (TPSA) is 17.1 Å². The molecule has 0 unspecified atom stereocenters. The van der Waals surface area contributed by atoms with Crippen LogP contribution in [0.1, 0.15) is 27.0 Å². The number of hydrogen-bond donors (Lipinski definition) is 0. The van der Waals surface area contributed by atoms with Crippen LogP contribution in [0.3, 0.4) is 0 Å². The monoisotopic (exact) mass is 398 g/mol. The number of rotatable bonds is 3. The second-order valence-electron chi connectivity index (χ2n) is 4.74. The van der Waals surface area contributed by atoms with Crippen LogP contribution in [0, 0.1) is 19.7 Å². The number of aryl methyl sites for hydroxylation is 2. The fourth-order valence-electron chi connectivity index (χ4n) is 2.07. The third-order valence-electron chi connectivity index (χ3n) is 3.14. The minimum absolute atomic E-state index is 0.0185. The number of carbonyl (C=O) groups excluding carboxylic acids is 1. The number of carbonyl (C=O) groups is 1. The van der Waals surface area contributed by atoms with Gasteiger partial charge in [0, 0.05) is 16.5 Å². The van der Waals surface area contributed by atoms with Crippen molar-refractivity contribution in [1.82, 2.24) is 0 Å². The number of benzene rings is 2. The number of hydrogen-bond acceptors (Lipinski definition) is 1. The molecule has 0 saturated heterocycles. The SMILES string of the molecule is Cc1cc(C(=O)Cc2cccc(F)c2Br)cc(C)c1Br. The van der Waals surface area contributed by atoms with Crippen molar-refractivity contribution in [3.8, 4) is 0 Å². The van der Waals surface area contributed by atoms with Gasteiger partial charge in [-0.05, 0) is 64.7 Å². The van der Waals surface area contributed by atoms with E-state index in [-0.39, 0.29) is 18.0 Å². The Morgan fingerprint density at radius 3 is 2.30 bits per heavy atom. The average molecular weight is 400 g/mol. The Bertz CT molecular complexity index is 657. The fraction of sp³-hybridized carbons (Fsp3) is 0.188. The Kier molecular flexibility index (Phi) is 4.76. The van der Waals surface area contributed by atoms with E-state index in [1.165, 1.54) is 6.07 Å². The Balaban J connectivity index is 2.31. The number of halogens is 3. The summed E-state index contributed by atoms with van der Waals surface area (Å²) in [5.74, 6) is -0.367. The summed E-state index contributed by atoms with van der Waals surface area (Å²) < 4.78 is 14.8. The normalized spacial score (nSPS) is 10.7. The smallest absolute Gasteiger partial charge is 0.167 e. The summed E-state index contributed by atoms with van der Waals surface area (Å²) in [6.07, 6.45) is 0.179. The molecule has 20 heavy (non-hydrogen) atoms. The summed E-state index contributed by atoms with van der Waals surface area (Å²) >= 11 is 6.67. The zero-order chi connectivity index (χ0) is 14.9. The first kappa shape index (κ1) is 15.4. The largest absolute Gasteiger partial charge is 0.294 e. The van der Waals surface area contributed by atoms with Crippen molar-refractivity contribution in [2.24, 2.45) is 0 Å². The van der Waals surface area contributed by atoms with Gasteiger partial charge in [0.05, 0.1) is 4.47 Å². The van der Waals surface area contributed by atoms with Crippen molar-refractivity contribution < 1.29 is 9.18 Å². The molecule has 4 heteroatoms. The molecule has 0 N–H and O–H groups in total. The van der Waals surface area contributed by atoms with Gasteiger partial charge in [-0.25, -0.2) is 4.39 Å². The van der Waals surface area contributed by atoms with E-state index >= 15 is 0 Å². The molecule has 0 fully saturated rings. The molecule has 2 rings (SSSR count). The highest BCUT2D eigenvalue weighted by molar-refractivity contribution is 9.10. The molecule has 0 atom stereocenters. The van der Waals surface area contributed by atoms with E-state index in [1.54, 1.807) is 12.1 Å². The van der Waals surface area contributed by atoms with Crippen LogP contribution < -0.4 is 0 Å².